The van der Waals surface area contributed by atoms with Crippen molar-refractivity contribution >= 4 is 17.2 Å². The van der Waals surface area contributed by atoms with E-state index in [4.69, 9.17) is 4.42 Å². The molecule has 134 valence electrons. The monoisotopic (exact) mass is 359 g/mol. The molecule has 7 nitrogen and oxygen atoms in total. The normalized spacial score (nSPS) is 19.1. The van der Waals surface area contributed by atoms with Crippen molar-refractivity contribution in [2.75, 3.05) is 0 Å². The fourth-order valence-electron chi connectivity index (χ4n) is 3.22. The Labute approximate surface area is 154 Å². The maximum Gasteiger partial charge on any atom is 0.285 e. The topological polar surface area (TPSA) is 78.2 Å². The molecule has 1 aromatic carbocycles. The first-order valence-corrected chi connectivity index (χ1v) is 8.85. The van der Waals surface area contributed by atoms with Crippen LogP contribution in [0.5, 0.6) is 0 Å². The highest BCUT2D eigenvalue weighted by Gasteiger charge is 2.36. The second-order valence-corrected chi connectivity index (χ2v) is 6.83. The van der Waals surface area contributed by atoms with E-state index in [1.54, 1.807) is 4.68 Å². The highest BCUT2D eigenvalue weighted by Crippen LogP contribution is 2.47. The molecule has 2 atom stereocenters. The molecule has 0 radical (unpaired) electrons. The summed E-state index contributed by atoms with van der Waals surface area (Å²) >= 11 is 0. The van der Waals surface area contributed by atoms with Crippen LogP contribution in [0.1, 0.15) is 30.8 Å². The van der Waals surface area contributed by atoms with E-state index in [1.165, 1.54) is 23.4 Å². The minimum atomic E-state index is -0.277. The van der Waals surface area contributed by atoms with E-state index in [2.05, 4.69) is 22.1 Å². The van der Waals surface area contributed by atoms with Gasteiger partial charge in [-0.1, -0.05) is 25.1 Å². The van der Waals surface area contributed by atoms with Crippen LogP contribution in [-0.2, 0) is 0 Å². The second-order valence-electron chi connectivity index (χ2n) is 6.83. The van der Waals surface area contributed by atoms with Crippen molar-refractivity contribution in [2.45, 2.75) is 19.3 Å². The van der Waals surface area contributed by atoms with Gasteiger partial charge in [-0.25, -0.2) is 9.67 Å². The summed E-state index contributed by atoms with van der Waals surface area (Å²) in [7, 11) is 0. The molecule has 0 unspecified atom stereocenters. The van der Waals surface area contributed by atoms with Crippen molar-refractivity contribution in [3.05, 3.63) is 76.9 Å². The fourth-order valence-corrected chi connectivity index (χ4v) is 3.22. The molecule has 1 fully saturated rings. The molecule has 0 saturated heterocycles. The van der Waals surface area contributed by atoms with E-state index in [9.17, 15) is 4.79 Å². The molecule has 3 aromatic heterocycles. The predicted octanol–water partition coefficient (Wildman–Crippen LogP) is 3.18. The van der Waals surface area contributed by atoms with Crippen molar-refractivity contribution in [1.82, 2.24) is 19.4 Å². The van der Waals surface area contributed by atoms with Gasteiger partial charge < -0.3 is 4.42 Å². The van der Waals surface area contributed by atoms with Crippen molar-refractivity contribution in [1.29, 1.82) is 0 Å². The van der Waals surface area contributed by atoms with Gasteiger partial charge in [0.2, 0.25) is 0 Å². The zero-order valence-electron chi connectivity index (χ0n) is 14.7. The molecule has 0 aliphatic heterocycles. The molecule has 1 aliphatic rings. The lowest BCUT2D eigenvalue weighted by Gasteiger charge is -2.02. The summed E-state index contributed by atoms with van der Waals surface area (Å²) in [4.78, 5) is 17.0. The van der Waals surface area contributed by atoms with Gasteiger partial charge in [0.1, 0.15) is 23.2 Å². The van der Waals surface area contributed by atoms with Gasteiger partial charge in [-0.15, -0.1) is 0 Å². The van der Waals surface area contributed by atoms with Gasteiger partial charge in [-0.3, -0.25) is 4.79 Å². The fraction of sp³-hybridized carbons (Fsp3) is 0.200. The molecule has 4 aromatic rings. The van der Waals surface area contributed by atoms with Crippen LogP contribution in [0, 0.1) is 5.92 Å². The van der Waals surface area contributed by atoms with Crippen molar-refractivity contribution in [3.63, 3.8) is 0 Å². The third kappa shape index (κ3) is 2.77. The second kappa shape index (κ2) is 6.05. The van der Waals surface area contributed by atoms with Gasteiger partial charge in [0.05, 0.1) is 18.1 Å². The number of nitrogens with zero attached hydrogens (tertiary/aromatic N) is 5. The number of aromatic nitrogens is 4. The van der Waals surface area contributed by atoms with Crippen molar-refractivity contribution in [3.8, 4) is 5.69 Å². The Morgan fingerprint density at radius 1 is 1.22 bits per heavy atom. The third-order valence-corrected chi connectivity index (χ3v) is 4.90. The first-order chi connectivity index (χ1) is 13.2. The van der Waals surface area contributed by atoms with Gasteiger partial charge in [0.25, 0.3) is 5.56 Å². The number of hydrogen-bond donors (Lipinski definition) is 0. The number of rotatable bonds is 4. The first kappa shape index (κ1) is 15.7. The lowest BCUT2D eigenvalue weighted by Crippen LogP contribution is -2.17. The number of benzene rings is 1. The average Bonchev–Trinajstić information content (AvgIpc) is 3.10. The zero-order valence-corrected chi connectivity index (χ0v) is 14.7. The lowest BCUT2D eigenvalue weighted by molar-refractivity contribution is 0.500. The number of hydrogen-bond acceptors (Lipinski definition) is 5. The molecule has 0 N–H and O–H groups in total. The molecule has 3 heterocycles. The largest absolute Gasteiger partial charge is 0.460 e. The van der Waals surface area contributed by atoms with Crippen LogP contribution in [0.25, 0.3) is 16.7 Å². The molecular formula is C20H17N5O2. The van der Waals surface area contributed by atoms with Crippen LogP contribution < -0.4 is 5.56 Å². The smallest absolute Gasteiger partial charge is 0.285 e. The van der Waals surface area contributed by atoms with E-state index in [1.807, 2.05) is 42.5 Å². The summed E-state index contributed by atoms with van der Waals surface area (Å²) in [6, 6.07) is 13.4. The Balaban J connectivity index is 1.47. The molecule has 27 heavy (non-hydrogen) atoms. The lowest BCUT2D eigenvalue weighted by atomic mass is 10.3. The molecule has 1 aliphatic carbocycles. The molecule has 0 spiro atoms. The minimum absolute atomic E-state index is 0.277. The van der Waals surface area contributed by atoms with Gasteiger partial charge in [0, 0.05) is 5.92 Å². The van der Waals surface area contributed by atoms with Gasteiger partial charge in [-0.2, -0.15) is 14.9 Å². The van der Waals surface area contributed by atoms with Crippen LogP contribution in [-0.4, -0.2) is 25.7 Å². The van der Waals surface area contributed by atoms with Crippen LogP contribution in [0.3, 0.4) is 0 Å². The molecule has 0 amide bonds. The molecule has 7 heteroatoms. The quantitative estimate of drug-likeness (QED) is 0.524. The van der Waals surface area contributed by atoms with E-state index >= 15 is 0 Å². The van der Waals surface area contributed by atoms with Crippen LogP contribution in [0.15, 0.2) is 69.3 Å². The van der Waals surface area contributed by atoms with Crippen molar-refractivity contribution in [2.24, 2.45) is 11.0 Å². The van der Waals surface area contributed by atoms with E-state index < -0.39 is 0 Å². The third-order valence-electron chi connectivity index (χ3n) is 4.90. The van der Waals surface area contributed by atoms with Crippen LogP contribution >= 0.6 is 0 Å². The number of furan rings is 1. The Hall–Kier alpha value is -3.48. The Morgan fingerprint density at radius 2 is 2.04 bits per heavy atom. The summed E-state index contributed by atoms with van der Waals surface area (Å²) in [6.07, 6.45) is 5.61. The van der Waals surface area contributed by atoms with E-state index in [0.717, 1.165) is 17.9 Å². The Morgan fingerprint density at radius 3 is 2.81 bits per heavy atom. The minimum Gasteiger partial charge on any atom is -0.460 e. The van der Waals surface area contributed by atoms with Gasteiger partial charge >= 0.3 is 0 Å². The standard InChI is InChI=1S/C20H17N5O2/c1-13-9-16(13)18-8-7-15(27-18)10-22-24-12-21-19-17(20(24)26)11-23-25(19)14-5-3-2-4-6-14/h2-8,10-13,16H,9H2,1H3/b22-10-/t13-,16-/m1/s1. The molecule has 5 rings (SSSR count). The zero-order chi connectivity index (χ0) is 18.4. The van der Waals surface area contributed by atoms with Crippen LogP contribution in [0.4, 0.5) is 0 Å². The molecule has 0 bridgehead atoms. The summed E-state index contributed by atoms with van der Waals surface area (Å²) in [6.45, 7) is 2.21. The van der Waals surface area contributed by atoms with E-state index in [-0.39, 0.29) is 5.56 Å². The number of para-hydroxylation sites is 1. The van der Waals surface area contributed by atoms with Crippen LogP contribution in [0.2, 0.25) is 0 Å². The summed E-state index contributed by atoms with van der Waals surface area (Å²) in [5.41, 5.74) is 1.07. The summed E-state index contributed by atoms with van der Waals surface area (Å²) in [5.74, 6) is 2.79. The summed E-state index contributed by atoms with van der Waals surface area (Å²) in [5, 5.41) is 8.91. The van der Waals surface area contributed by atoms with E-state index in [0.29, 0.717) is 28.6 Å². The number of fused-ring (bicyclic) bond motifs is 1. The average molecular weight is 359 g/mol. The highest BCUT2D eigenvalue weighted by atomic mass is 16.3. The molecule has 1 saturated carbocycles. The predicted molar refractivity (Wildman–Crippen MR) is 101 cm³/mol. The van der Waals surface area contributed by atoms with Crippen molar-refractivity contribution < 1.29 is 4.42 Å². The highest BCUT2D eigenvalue weighted by molar-refractivity contribution is 5.77. The maximum atomic E-state index is 12.7. The molecular weight excluding hydrogens is 342 g/mol. The Kier molecular flexibility index (Phi) is 3.53. The SMILES string of the molecule is C[C@@H]1C[C@H]1c1ccc(/C=N\n2cnc3c(cnn3-c3ccccc3)c2=O)o1. The first-order valence-electron chi connectivity index (χ1n) is 8.85. The maximum absolute atomic E-state index is 12.7. The Bertz CT molecular complexity index is 1200. The summed E-state index contributed by atoms with van der Waals surface area (Å²) < 4.78 is 8.62. The van der Waals surface area contributed by atoms with Gasteiger partial charge in [0.15, 0.2) is 5.65 Å². The van der Waals surface area contributed by atoms with Gasteiger partial charge in [-0.05, 0) is 36.6 Å².